The minimum absolute atomic E-state index is 0. The number of halogens is 2. The molecule has 9 heteroatoms. The molecule has 0 aromatic rings. The lowest BCUT2D eigenvalue weighted by Gasteiger charge is -2.34. The van der Waals surface area contributed by atoms with Crippen molar-refractivity contribution in [2.75, 3.05) is 72.6 Å². The van der Waals surface area contributed by atoms with Gasteiger partial charge in [-0.2, -0.15) is 0 Å². The van der Waals surface area contributed by atoms with Gasteiger partial charge < -0.3 is 19.9 Å². The van der Waals surface area contributed by atoms with Crippen molar-refractivity contribution in [3.8, 4) is 0 Å². The van der Waals surface area contributed by atoms with E-state index in [0.717, 1.165) is 65.4 Å². The highest BCUT2D eigenvalue weighted by molar-refractivity contribution is 5.89. The molecule has 27 heavy (non-hydrogen) atoms. The Labute approximate surface area is 174 Å². The molecule has 2 amide bonds. The SMILES string of the molecule is CNCC1CCCN(C(=O)C2CC(=O)N(CCN3CCOCC3)C2)C1.Cl.Cl. The number of carbonyl (C=O) groups excluding carboxylic acids is 2. The maximum Gasteiger partial charge on any atom is 0.228 e. The first kappa shape index (κ1) is 24.4. The highest BCUT2D eigenvalue weighted by Crippen LogP contribution is 2.23. The average Bonchev–Trinajstić information content (AvgIpc) is 3.01. The Morgan fingerprint density at radius 1 is 1.15 bits per heavy atom. The van der Waals surface area contributed by atoms with E-state index < -0.39 is 0 Å². The van der Waals surface area contributed by atoms with Crippen LogP contribution >= 0.6 is 24.8 Å². The number of amides is 2. The number of nitrogens with one attached hydrogen (secondary N) is 1. The fourth-order valence-electron chi connectivity index (χ4n) is 4.22. The number of nitrogens with zero attached hydrogens (tertiary/aromatic N) is 3. The third-order valence-electron chi connectivity index (χ3n) is 5.68. The van der Waals surface area contributed by atoms with Crippen molar-refractivity contribution >= 4 is 36.6 Å². The fraction of sp³-hybridized carbons (Fsp3) is 0.889. The minimum atomic E-state index is -0.148. The first-order chi connectivity index (χ1) is 12.2. The Morgan fingerprint density at radius 2 is 1.89 bits per heavy atom. The van der Waals surface area contributed by atoms with E-state index in [4.69, 9.17) is 4.74 Å². The highest BCUT2D eigenvalue weighted by Gasteiger charge is 2.37. The van der Waals surface area contributed by atoms with Crippen LogP contribution in [0.2, 0.25) is 0 Å². The van der Waals surface area contributed by atoms with Crippen LogP contribution in [0.3, 0.4) is 0 Å². The van der Waals surface area contributed by atoms with E-state index >= 15 is 0 Å². The number of ether oxygens (including phenoxy) is 1. The Kier molecular flexibility index (Phi) is 10.9. The van der Waals surface area contributed by atoms with E-state index in [1.54, 1.807) is 0 Å². The number of carbonyl (C=O) groups is 2. The van der Waals surface area contributed by atoms with Crippen LogP contribution in [0.15, 0.2) is 0 Å². The smallest absolute Gasteiger partial charge is 0.228 e. The van der Waals surface area contributed by atoms with Crippen LogP contribution in [0.25, 0.3) is 0 Å². The van der Waals surface area contributed by atoms with Crippen molar-refractivity contribution in [1.29, 1.82) is 0 Å². The van der Waals surface area contributed by atoms with E-state index in [9.17, 15) is 9.59 Å². The van der Waals surface area contributed by atoms with Gasteiger partial charge in [0.05, 0.1) is 19.1 Å². The molecular formula is C18H34Cl2N4O3. The van der Waals surface area contributed by atoms with E-state index in [-0.39, 0.29) is 42.5 Å². The molecule has 7 nitrogen and oxygen atoms in total. The zero-order chi connectivity index (χ0) is 17.6. The van der Waals surface area contributed by atoms with Gasteiger partial charge in [0.1, 0.15) is 0 Å². The van der Waals surface area contributed by atoms with Crippen LogP contribution in [0.5, 0.6) is 0 Å². The first-order valence-electron chi connectivity index (χ1n) is 9.68. The van der Waals surface area contributed by atoms with Gasteiger partial charge in [-0.25, -0.2) is 0 Å². The van der Waals surface area contributed by atoms with Crippen molar-refractivity contribution < 1.29 is 14.3 Å². The molecular weight excluding hydrogens is 391 g/mol. The molecule has 0 radical (unpaired) electrons. The lowest BCUT2D eigenvalue weighted by Crippen LogP contribution is -2.45. The number of piperidine rings is 1. The maximum absolute atomic E-state index is 12.8. The minimum Gasteiger partial charge on any atom is -0.379 e. The van der Waals surface area contributed by atoms with Crippen LogP contribution in [0, 0.1) is 11.8 Å². The summed E-state index contributed by atoms with van der Waals surface area (Å²) >= 11 is 0. The molecule has 3 fully saturated rings. The van der Waals surface area contributed by atoms with Gasteiger partial charge in [-0.05, 0) is 32.4 Å². The standard InChI is InChI=1S/C18H32N4O3.2ClH/c1-19-12-15-3-2-4-22(13-15)18(24)16-11-17(23)21(14-16)6-5-20-7-9-25-10-8-20;;/h15-16,19H,2-14H2,1H3;2*1H. The van der Waals surface area contributed by atoms with Gasteiger partial charge in [0, 0.05) is 52.2 Å². The first-order valence-corrected chi connectivity index (χ1v) is 9.68. The highest BCUT2D eigenvalue weighted by atomic mass is 35.5. The molecule has 3 aliphatic rings. The Hall–Kier alpha value is -0.600. The Morgan fingerprint density at radius 3 is 2.59 bits per heavy atom. The molecule has 0 aromatic heterocycles. The van der Waals surface area contributed by atoms with Crippen LogP contribution in [-0.2, 0) is 14.3 Å². The normalized spacial score (nSPS) is 26.5. The number of hydrogen-bond donors (Lipinski definition) is 1. The number of morpholine rings is 1. The van der Waals surface area contributed by atoms with Crippen molar-refractivity contribution in [1.82, 2.24) is 20.0 Å². The molecule has 0 bridgehead atoms. The lowest BCUT2D eigenvalue weighted by atomic mass is 9.96. The molecule has 2 unspecified atom stereocenters. The summed E-state index contributed by atoms with van der Waals surface area (Å²) in [5.41, 5.74) is 0. The summed E-state index contributed by atoms with van der Waals surface area (Å²) in [6.07, 6.45) is 2.63. The molecule has 0 aromatic carbocycles. The maximum atomic E-state index is 12.8. The molecule has 0 saturated carbocycles. The van der Waals surface area contributed by atoms with Gasteiger partial charge >= 0.3 is 0 Å². The zero-order valence-corrected chi connectivity index (χ0v) is 17.9. The van der Waals surface area contributed by atoms with E-state index in [2.05, 4.69) is 10.2 Å². The van der Waals surface area contributed by atoms with E-state index in [0.29, 0.717) is 18.9 Å². The second-order valence-corrected chi connectivity index (χ2v) is 7.54. The average molecular weight is 425 g/mol. The summed E-state index contributed by atoms with van der Waals surface area (Å²) < 4.78 is 5.36. The quantitative estimate of drug-likeness (QED) is 0.671. The van der Waals surface area contributed by atoms with Crippen molar-refractivity contribution in [2.45, 2.75) is 19.3 Å². The van der Waals surface area contributed by atoms with Crippen LogP contribution in [-0.4, -0.2) is 99.1 Å². The molecule has 0 aliphatic carbocycles. The van der Waals surface area contributed by atoms with Crippen molar-refractivity contribution in [3.63, 3.8) is 0 Å². The number of hydrogen-bond acceptors (Lipinski definition) is 5. The Bertz CT molecular complexity index is 476. The van der Waals surface area contributed by atoms with E-state index in [1.807, 2.05) is 16.8 Å². The summed E-state index contributed by atoms with van der Waals surface area (Å²) in [5.74, 6) is 0.709. The molecule has 1 N–H and O–H groups in total. The summed E-state index contributed by atoms with van der Waals surface area (Å²) in [4.78, 5) is 31.4. The molecule has 3 aliphatic heterocycles. The largest absolute Gasteiger partial charge is 0.379 e. The Balaban J connectivity index is 0.00000182. The van der Waals surface area contributed by atoms with E-state index in [1.165, 1.54) is 6.42 Å². The topological polar surface area (TPSA) is 65.1 Å². The molecule has 158 valence electrons. The van der Waals surface area contributed by atoms with Gasteiger partial charge in [-0.15, -0.1) is 24.8 Å². The second-order valence-electron chi connectivity index (χ2n) is 7.54. The predicted molar refractivity (Wildman–Crippen MR) is 110 cm³/mol. The van der Waals surface area contributed by atoms with Gasteiger partial charge in [0.2, 0.25) is 11.8 Å². The zero-order valence-electron chi connectivity index (χ0n) is 16.2. The third kappa shape index (κ3) is 6.75. The van der Waals surface area contributed by atoms with Crippen LogP contribution in [0.4, 0.5) is 0 Å². The molecule has 3 heterocycles. The summed E-state index contributed by atoms with van der Waals surface area (Å²) in [7, 11) is 1.96. The monoisotopic (exact) mass is 424 g/mol. The van der Waals surface area contributed by atoms with Gasteiger partial charge in [0.25, 0.3) is 0 Å². The van der Waals surface area contributed by atoms with Gasteiger partial charge in [-0.1, -0.05) is 0 Å². The van der Waals surface area contributed by atoms with Crippen LogP contribution in [0.1, 0.15) is 19.3 Å². The number of likely N-dealkylation sites (tertiary alicyclic amines) is 2. The van der Waals surface area contributed by atoms with Gasteiger partial charge in [-0.3, -0.25) is 14.5 Å². The third-order valence-corrected chi connectivity index (χ3v) is 5.68. The predicted octanol–water partition coefficient (Wildman–Crippen LogP) is 0.469. The van der Waals surface area contributed by atoms with Crippen LogP contribution < -0.4 is 5.32 Å². The molecule has 2 atom stereocenters. The van der Waals surface area contributed by atoms with Gasteiger partial charge in [0.15, 0.2) is 0 Å². The summed E-state index contributed by atoms with van der Waals surface area (Å²) in [6.45, 7) is 8.25. The lowest BCUT2D eigenvalue weighted by molar-refractivity contribution is -0.137. The summed E-state index contributed by atoms with van der Waals surface area (Å²) in [5, 5.41) is 3.21. The second kappa shape index (κ2) is 12.1. The van der Waals surface area contributed by atoms with Crippen molar-refractivity contribution in [3.05, 3.63) is 0 Å². The summed E-state index contributed by atoms with van der Waals surface area (Å²) in [6, 6.07) is 0. The molecule has 3 rings (SSSR count). The van der Waals surface area contributed by atoms with Crippen molar-refractivity contribution in [2.24, 2.45) is 11.8 Å². The molecule has 3 saturated heterocycles. The number of rotatable bonds is 6. The molecule has 0 spiro atoms. The fourth-order valence-corrected chi connectivity index (χ4v) is 4.22.